The van der Waals surface area contributed by atoms with Crippen molar-refractivity contribution >= 4 is 23.2 Å². The zero-order valence-corrected chi connectivity index (χ0v) is 28.9. The number of unbranched alkanes of at least 4 members (excludes halogenated alkanes) is 20. The van der Waals surface area contributed by atoms with Crippen LogP contribution in [0.15, 0.2) is 54.6 Å². The van der Waals surface area contributed by atoms with Crippen molar-refractivity contribution in [2.24, 2.45) is 0 Å². The molecular weight excluding hydrogens is 541 g/mol. The van der Waals surface area contributed by atoms with Gasteiger partial charge in [0.1, 0.15) is 5.75 Å². The Morgan fingerprint density at radius 3 is 1.60 bits per heavy atom. The predicted octanol–water partition coefficient (Wildman–Crippen LogP) is 13.7. The lowest BCUT2D eigenvalue weighted by Crippen LogP contribution is -2.01. The van der Waals surface area contributed by atoms with Crippen LogP contribution >= 0.6 is 12.2 Å². The minimum atomic E-state index is 0.801. The van der Waals surface area contributed by atoms with Gasteiger partial charge in [-0.2, -0.15) is 0 Å². The molecule has 0 heterocycles. The Kier molecular flexibility index (Phi) is 22.9. The predicted molar refractivity (Wildman–Crippen MR) is 196 cm³/mol. The van der Waals surface area contributed by atoms with Gasteiger partial charge in [-0.15, -0.1) is 0 Å². The summed E-state index contributed by atoms with van der Waals surface area (Å²) in [4.78, 5) is 0.865. The molecule has 240 valence electrons. The van der Waals surface area contributed by atoms with E-state index in [1.54, 1.807) is 0 Å². The van der Waals surface area contributed by atoms with Crippen LogP contribution in [0.5, 0.6) is 5.75 Å². The number of hydrogen-bond acceptors (Lipinski definition) is 2. The quantitative estimate of drug-likeness (QED) is 0.0413. The third-order valence-corrected chi connectivity index (χ3v) is 9.00. The third kappa shape index (κ3) is 19.1. The van der Waals surface area contributed by atoms with Gasteiger partial charge in [0.15, 0.2) is 0 Å². The maximum atomic E-state index is 6.30. The van der Waals surface area contributed by atoms with Gasteiger partial charge in [-0.05, 0) is 48.1 Å². The highest BCUT2D eigenvalue weighted by atomic mass is 32.1. The average Bonchev–Trinajstić information content (AvgIpc) is 3.04. The van der Waals surface area contributed by atoms with Crippen molar-refractivity contribution in [2.75, 3.05) is 6.61 Å². The van der Waals surface area contributed by atoms with Crippen LogP contribution in [0.4, 0.5) is 0 Å². The largest absolute Gasteiger partial charge is 0.493 e. The summed E-state index contributed by atoms with van der Waals surface area (Å²) in [5, 5.41) is 0. The van der Waals surface area contributed by atoms with E-state index in [-0.39, 0.29) is 0 Å². The second-order valence-electron chi connectivity index (χ2n) is 12.6. The number of rotatable bonds is 28. The van der Waals surface area contributed by atoms with E-state index < -0.39 is 0 Å². The molecule has 0 N–H and O–H groups in total. The summed E-state index contributed by atoms with van der Waals surface area (Å²) in [6.07, 6.45) is 35.8. The molecule has 43 heavy (non-hydrogen) atoms. The van der Waals surface area contributed by atoms with Crippen molar-refractivity contribution in [1.82, 2.24) is 0 Å². The molecule has 0 radical (unpaired) electrons. The standard InChI is InChI=1S/C41H64OS/c1-3-5-7-8-9-10-11-12-13-14-15-16-17-18-19-20-21-22-24-28-38-33-31-37(36-40(38)42-35-27-6-4-2)32-34-41(43)39-29-25-23-26-30-39/h23,25-26,29-34,36H,3-22,24,27-28,35H2,1-2H3. The highest BCUT2D eigenvalue weighted by Crippen LogP contribution is 2.25. The maximum Gasteiger partial charge on any atom is 0.123 e. The third-order valence-electron chi connectivity index (χ3n) is 8.63. The molecule has 0 aliphatic rings. The monoisotopic (exact) mass is 604 g/mol. The van der Waals surface area contributed by atoms with Crippen LogP contribution in [0.25, 0.3) is 6.08 Å². The highest BCUT2D eigenvalue weighted by molar-refractivity contribution is 7.81. The van der Waals surface area contributed by atoms with Gasteiger partial charge in [0.2, 0.25) is 0 Å². The van der Waals surface area contributed by atoms with Crippen LogP contribution in [0, 0.1) is 0 Å². The van der Waals surface area contributed by atoms with E-state index in [2.05, 4.69) is 50.3 Å². The Labute approximate surface area is 272 Å². The second kappa shape index (κ2) is 26.5. The Morgan fingerprint density at radius 1 is 0.581 bits per heavy atom. The van der Waals surface area contributed by atoms with Gasteiger partial charge in [-0.25, -0.2) is 0 Å². The van der Waals surface area contributed by atoms with Crippen molar-refractivity contribution in [3.05, 3.63) is 71.3 Å². The van der Waals surface area contributed by atoms with E-state index in [0.717, 1.165) is 41.2 Å². The van der Waals surface area contributed by atoms with Crippen molar-refractivity contribution in [3.8, 4) is 5.75 Å². The smallest absolute Gasteiger partial charge is 0.123 e. The van der Waals surface area contributed by atoms with E-state index in [1.165, 1.54) is 140 Å². The van der Waals surface area contributed by atoms with E-state index in [1.807, 2.05) is 24.3 Å². The van der Waals surface area contributed by atoms with Crippen LogP contribution in [0.3, 0.4) is 0 Å². The van der Waals surface area contributed by atoms with Crippen molar-refractivity contribution in [2.45, 2.75) is 162 Å². The van der Waals surface area contributed by atoms with Crippen molar-refractivity contribution < 1.29 is 4.74 Å². The number of aryl methyl sites for hydroxylation is 1. The van der Waals surface area contributed by atoms with E-state index in [9.17, 15) is 0 Å². The summed E-state index contributed by atoms with van der Waals surface area (Å²) < 4.78 is 6.30. The first-order valence-electron chi connectivity index (χ1n) is 18.3. The minimum Gasteiger partial charge on any atom is -0.493 e. The van der Waals surface area contributed by atoms with Crippen molar-refractivity contribution in [1.29, 1.82) is 0 Å². The Bertz CT molecular complexity index is 963. The molecule has 0 bridgehead atoms. The summed E-state index contributed by atoms with van der Waals surface area (Å²) >= 11 is 5.62. The summed E-state index contributed by atoms with van der Waals surface area (Å²) in [5.74, 6) is 1.06. The lowest BCUT2D eigenvalue weighted by Gasteiger charge is -2.13. The maximum absolute atomic E-state index is 6.30. The molecule has 0 saturated carbocycles. The molecule has 2 aromatic rings. The molecule has 0 aliphatic heterocycles. The van der Waals surface area contributed by atoms with Gasteiger partial charge in [-0.1, -0.05) is 203 Å². The van der Waals surface area contributed by atoms with Crippen LogP contribution < -0.4 is 4.74 Å². The van der Waals surface area contributed by atoms with Crippen LogP contribution in [-0.4, -0.2) is 11.5 Å². The molecule has 2 rings (SSSR count). The van der Waals surface area contributed by atoms with Crippen molar-refractivity contribution in [3.63, 3.8) is 0 Å². The Hall–Kier alpha value is -1.93. The van der Waals surface area contributed by atoms with Gasteiger partial charge < -0.3 is 4.74 Å². The normalized spacial score (nSPS) is 11.4. The first-order valence-corrected chi connectivity index (χ1v) is 18.7. The number of ether oxygens (including phenoxy) is 1. The van der Waals surface area contributed by atoms with Gasteiger partial charge >= 0.3 is 0 Å². The molecule has 0 atom stereocenters. The molecule has 0 saturated heterocycles. The molecule has 0 unspecified atom stereocenters. The highest BCUT2D eigenvalue weighted by Gasteiger charge is 2.06. The van der Waals surface area contributed by atoms with E-state index in [4.69, 9.17) is 17.0 Å². The molecular formula is C41H64OS. The summed E-state index contributed by atoms with van der Waals surface area (Å²) in [5.41, 5.74) is 3.60. The first kappa shape index (κ1) is 37.3. The van der Waals surface area contributed by atoms with Gasteiger partial charge in [0, 0.05) is 4.86 Å². The molecule has 0 fully saturated rings. The molecule has 0 spiro atoms. The Balaban J connectivity index is 1.57. The summed E-state index contributed by atoms with van der Waals surface area (Å²) in [6, 6.07) is 16.9. The topological polar surface area (TPSA) is 9.23 Å². The van der Waals surface area contributed by atoms with Crippen LogP contribution in [0.1, 0.15) is 172 Å². The molecule has 2 aromatic carbocycles. The molecule has 2 heteroatoms. The van der Waals surface area contributed by atoms with Crippen LogP contribution in [0.2, 0.25) is 0 Å². The zero-order valence-electron chi connectivity index (χ0n) is 28.1. The molecule has 0 amide bonds. The molecule has 1 nitrogen and oxygen atoms in total. The van der Waals surface area contributed by atoms with E-state index in [0.29, 0.717) is 0 Å². The number of thiocarbonyl (C=S) groups is 1. The average molecular weight is 605 g/mol. The number of allylic oxidation sites excluding steroid dienone is 1. The minimum absolute atomic E-state index is 0.801. The van der Waals surface area contributed by atoms with Crippen LogP contribution in [-0.2, 0) is 6.42 Å². The first-order chi connectivity index (χ1) is 21.2. The zero-order chi connectivity index (χ0) is 30.6. The number of benzene rings is 2. The summed E-state index contributed by atoms with van der Waals surface area (Å²) in [6.45, 7) is 5.34. The van der Waals surface area contributed by atoms with Gasteiger partial charge in [0.25, 0.3) is 0 Å². The van der Waals surface area contributed by atoms with Gasteiger partial charge in [-0.3, -0.25) is 0 Å². The van der Waals surface area contributed by atoms with E-state index >= 15 is 0 Å². The fourth-order valence-corrected chi connectivity index (χ4v) is 6.02. The lowest BCUT2D eigenvalue weighted by molar-refractivity contribution is 0.303. The lowest BCUT2D eigenvalue weighted by atomic mass is 10.0. The van der Waals surface area contributed by atoms with Gasteiger partial charge in [0.05, 0.1) is 6.61 Å². The fraction of sp³-hybridized carbons (Fsp3) is 0.634. The SMILES string of the molecule is CCCCCCCCCCCCCCCCCCCCCc1ccc(C=CC(=S)c2ccccc2)cc1OCCCCC. The Morgan fingerprint density at radius 2 is 1.07 bits per heavy atom. The fourth-order valence-electron chi connectivity index (χ4n) is 5.81. The molecule has 0 aliphatic carbocycles. The summed E-state index contributed by atoms with van der Waals surface area (Å²) in [7, 11) is 0. The number of hydrogen-bond donors (Lipinski definition) is 0. The second-order valence-corrected chi connectivity index (χ2v) is 13.0. The molecule has 0 aromatic heterocycles.